The number of nitrogens with two attached hydrogens (primary N) is 1. The van der Waals surface area contributed by atoms with Crippen molar-refractivity contribution >= 4 is 16.6 Å². The summed E-state index contributed by atoms with van der Waals surface area (Å²) >= 11 is 0. The van der Waals surface area contributed by atoms with Crippen LogP contribution < -0.4 is 16.1 Å². The molecule has 0 atom stereocenters. The zero-order chi connectivity index (χ0) is 10.8. The molecule has 0 spiro atoms. The Morgan fingerprint density at radius 2 is 2.33 bits per heavy atom. The Bertz CT molecular complexity index is 548. The van der Waals surface area contributed by atoms with Crippen molar-refractivity contribution in [3.05, 3.63) is 28.6 Å². The van der Waals surface area contributed by atoms with Crippen molar-refractivity contribution in [3.8, 4) is 6.08 Å². The van der Waals surface area contributed by atoms with Crippen LogP contribution in [0.2, 0.25) is 0 Å². The van der Waals surface area contributed by atoms with Crippen molar-refractivity contribution in [2.45, 2.75) is 6.92 Å². The minimum absolute atomic E-state index is 0.0482. The van der Waals surface area contributed by atoms with Crippen LogP contribution in [0.15, 0.2) is 27.4 Å². The number of rotatable bonds is 2. The number of benzene rings is 1. The number of ether oxygens (including phenoxy) is 1. The maximum absolute atomic E-state index is 11.5. The predicted octanol–water partition coefficient (Wildman–Crippen LogP) is 1.17. The van der Waals surface area contributed by atoms with Crippen LogP contribution in [0, 0.1) is 0 Å². The molecule has 0 saturated heterocycles. The summed E-state index contributed by atoms with van der Waals surface area (Å²) in [5.41, 5.74) is 6.05. The van der Waals surface area contributed by atoms with Gasteiger partial charge in [-0.15, -0.1) is 0 Å². The van der Waals surface area contributed by atoms with Crippen molar-refractivity contribution in [1.29, 1.82) is 0 Å². The number of nitrogens with zero attached hydrogens (tertiary/aromatic N) is 1. The Balaban J connectivity index is 2.74. The lowest BCUT2D eigenvalue weighted by molar-refractivity contribution is 0.229. The molecule has 0 aliphatic heterocycles. The molecule has 2 N–H and O–H groups in total. The Kier molecular flexibility index (Phi) is 2.29. The molecule has 0 aliphatic rings. The largest absolute Gasteiger partial charge is 0.450 e. The minimum atomic E-state index is -0.490. The summed E-state index contributed by atoms with van der Waals surface area (Å²) < 4.78 is 9.86. The smallest absolute Gasteiger partial charge is 0.397 e. The lowest BCUT2D eigenvalue weighted by atomic mass is 10.2. The highest BCUT2D eigenvalue weighted by Gasteiger charge is 2.08. The van der Waals surface area contributed by atoms with Gasteiger partial charge in [-0.3, -0.25) is 0 Å². The second-order valence-corrected chi connectivity index (χ2v) is 2.94. The third-order valence-corrected chi connectivity index (χ3v) is 1.94. The fourth-order valence-corrected chi connectivity index (χ4v) is 1.28. The minimum Gasteiger partial charge on any atom is -0.450 e. The molecule has 0 fully saturated rings. The SMILES string of the molecule is CCOc1nc2c(N)cccc2c(=O)o1. The molecule has 2 rings (SSSR count). The van der Waals surface area contributed by atoms with Crippen LogP contribution in [0.25, 0.3) is 10.9 Å². The lowest BCUT2D eigenvalue weighted by Gasteiger charge is -2.02. The molecule has 0 radical (unpaired) electrons. The van der Waals surface area contributed by atoms with Crippen LogP contribution in [-0.2, 0) is 0 Å². The topological polar surface area (TPSA) is 78.4 Å². The Hall–Kier alpha value is -2.04. The highest BCUT2D eigenvalue weighted by molar-refractivity contribution is 5.88. The maximum atomic E-state index is 11.5. The fraction of sp³-hybridized carbons (Fsp3) is 0.200. The van der Waals surface area contributed by atoms with Crippen molar-refractivity contribution in [2.24, 2.45) is 0 Å². The lowest BCUT2D eigenvalue weighted by Crippen LogP contribution is -2.06. The third-order valence-electron chi connectivity index (χ3n) is 1.94. The van der Waals surface area contributed by atoms with E-state index in [1.807, 2.05) is 0 Å². The van der Waals surface area contributed by atoms with Gasteiger partial charge in [-0.2, -0.15) is 4.98 Å². The fourth-order valence-electron chi connectivity index (χ4n) is 1.28. The van der Waals surface area contributed by atoms with E-state index in [0.717, 1.165) is 0 Å². The predicted molar refractivity (Wildman–Crippen MR) is 55.9 cm³/mol. The van der Waals surface area contributed by atoms with Crippen LogP contribution in [0.1, 0.15) is 6.92 Å². The normalized spacial score (nSPS) is 10.5. The quantitative estimate of drug-likeness (QED) is 0.746. The number of hydrogen-bond acceptors (Lipinski definition) is 5. The molecule has 0 unspecified atom stereocenters. The summed E-state index contributed by atoms with van der Waals surface area (Å²) in [6.45, 7) is 2.16. The number of para-hydroxylation sites is 1. The molecule has 1 aromatic carbocycles. The van der Waals surface area contributed by atoms with E-state index in [9.17, 15) is 4.79 Å². The van der Waals surface area contributed by atoms with E-state index in [-0.39, 0.29) is 6.08 Å². The monoisotopic (exact) mass is 206 g/mol. The Morgan fingerprint density at radius 1 is 1.53 bits per heavy atom. The van der Waals surface area contributed by atoms with Gasteiger partial charge in [-0.05, 0) is 19.1 Å². The molecule has 5 heteroatoms. The van der Waals surface area contributed by atoms with E-state index in [2.05, 4.69) is 4.98 Å². The van der Waals surface area contributed by atoms with Crippen LogP contribution in [0.5, 0.6) is 6.08 Å². The average Bonchev–Trinajstić information content (AvgIpc) is 2.20. The molecule has 0 saturated carbocycles. The van der Waals surface area contributed by atoms with Gasteiger partial charge in [0.15, 0.2) is 0 Å². The van der Waals surface area contributed by atoms with E-state index in [1.165, 1.54) is 0 Å². The Labute approximate surface area is 85.5 Å². The molecular formula is C10H10N2O3. The van der Waals surface area contributed by atoms with Gasteiger partial charge in [0, 0.05) is 0 Å². The molecule has 2 aromatic rings. The third kappa shape index (κ3) is 1.63. The highest BCUT2D eigenvalue weighted by Crippen LogP contribution is 2.18. The number of anilines is 1. The first kappa shape index (κ1) is 9.51. The van der Waals surface area contributed by atoms with Gasteiger partial charge in [-0.25, -0.2) is 4.79 Å². The second-order valence-electron chi connectivity index (χ2n) is 2.94. The van der Waals surface area contributed by atoms with Gasteiger partial charge in [-0.1, -0.05) is 6.07 Å². The average molecular weight is 206 g/mol. The molecule has 0 aliphatic carbocycles. The zero-order valence-electron chi connectivity index (χ0n) is 8.19. The molecular weight excluding hydrogens is 196 g/mol. The van der Waals surface area contributed by atoms with Gasteiger partial charge in [0.25, 0.3) is 0 Å². The molecule has 15 heavy (non-hydrogen) atoms. The molecule has 78 valence electrons. The number of fused-ring (bicyclic) bond motifs is 1. The Morgan fingerprint density at radius 3 is 3.07 bits per heavy atom. The summed E-state index contributed by atoms with van der Waals surface area (Å²) in [6, 6.07) is 4.96. The number of hydrogen-bond donors (Lipinski definition) is 1. The van der Waals surface area contributed by atoms with Crippen LogP contribution in [0.4, 0.5) is 5.69 Å². The van der Waals surface area contributed by atoms with E-state index in [1.54, 1.807) is 25.1 Å². The van der Waals surface area contributed by atoms with Crippen LogP contribution >= 0.6 is 0 Å². The molecule has 1 heterocycles. The van der Waals surface area contributed by atoms with E-state index in [0.29, 0.717) is 23.2 Å². The number of nitrogen functional groups attached to an aromatic ring is 1. The summed E-state index contributed by atoms with van der Waals surface area (Å²) in [6.07, 6.45) is -0.0482. The van der Waals surface area contributed by atoms with Gasteiger partial charge in [0.1, 0.15) is 5.52 Å². The van der Waals surface area contributed by atoms with Crippen molar-refractivity contribution in [1.82, 2.24) is 4.98 Å². The van der Waals surface area contributed by atoms with E-state index < -0.39 is 5.63 Å². The molecule has 1 aromatic heterocycles. The van der Waals surface area contributed by atoms with Gasteiger partial charge in [0.05, 0.1) is 17.7 Å². The summed E-state index contributed by atoms with van der Waals surface area (Å²) in [5, 5.41) is 0.360. The second kappa shape index (κ2) is 3.61. The van der Waals surface area contributed by atoms with Gasteiger partial charge in [0.2, 0.25) is 0 Å². The van der Waals surface area contributed by atoms with Crippen molar-refractivity contribution < 1.29 is 9.15 Å². The van der Waals surface area contributed by atoms with Crippen molar-refractivity contribution in [3.63, 3.8) is 0 Å². The van der Waals surface area contributed by atoms with E-state index in [4.69, 9.17) is 14.9 Å². The standard InChI is InChI=1S/C10H10N2O3/c1-2-14-10-12-8-6(9(13)15-10)4-3-5-7(8)11/h3-5H,2,11H2,1H3. The summed E-state index contributed by atoms with van der Waals surface area (Å²) in [5.74, 6) is 0. The molecule has 5 nitrogen and oxygen atoms in total. The summed E-state index contributed by atoms with van der Waals surface area (Å²) in [7, 11) is 0. The van der Waals surface area contributed by atoms with Crippen molar-refractivity contribution in [2.75, 3.05) is 12.3 Å². The molecule has 0 bridgehead atoms. The maximum Gasteiger partial charge on any atom is 0.397 e. The first-order valence-corrected chi connectivity index (χ1v) is 4.54. The van der Waals surface area contributed by atoms with Gasteiger partial charge < -0.3 is 14.9 Å². The first-order chi connectivity index (χ1) is 7.22. The van der Waals surface area contributed by atoms with Gasteiger partial charge >= 0.3 is 11.7 Å². The first-order valence-electron chi connectivity index (χ1n) is 4.54. The van der Waals surface area contributed by atoms with E-state index >= 15 is 0 Å². The summed E-state index contributed by atoms with van der Waals surface area (Å²) in [4.78, 5) is 15.5. The van der Waals surface area contributed by atoms with Crippen LogP contribution in [0.3, 0.4) is 0 Å². The molecule has 0 amide bonds. The number of aromatic nitrogens is 1. The highest BCUT2D eigenvalue weighted by atomic mass is 16.6. The zero-order valence-corrected chi connectivity index (χ0v) is 8.19. The van der Waals surface area contributed by atoms with Crippen LogP contribution in [-0.4, -0.2) is 11.6 Å².